The number of esters is 1. The molecule has 0 saturated heterocycles. The molecular weight excluding hydrogens is 460 g/mol. The van der Waals surface area contributed by atoms with Gasteiger partial charge in [0.1, 0.15) is 12.4 Å². The van der Waals surface area contributed by atoms with Crippen LogP contribution in [0.5, 0.6) is 5.75 Å². The monoisotopic (exact) mass is 488 g/mol. The average molecular weight is 489 g/mol. The molecule has 0 amide bonds. The fraction of sp³-hybridized carbons (Fsp3) is 0.269. The van der Waals surface area contributed by atoms with E-state index in [1.165, 1.54) is 7.11 Å². The van der Waals surface area contributed by atoms with Crippen molar-refractivity contribution in [3.63, 3.8) is 0 Å². The Morgan fingerprint density at radius 2 is 1.97 bits per heavy atom. The van der Waals surface area contributed by atoms with Crippen LogP contribution >= 0.6 is 0 Å². The lowest BCUT2D eigenvalue weighted by atomic mass is 10.1. The van der Waals surface area contributed by atoms with Crippen LogP contribution in [0.3, 0.4) is 0 Å². The van der Waals surface area contributed by atoms with Crippen LogP contribution in [0.4, 0.5) is 5.82 Å². The fourth-order valence-electron chi connectivity index (χ4n) is 3.70. The van der Waals surface area contributed by atoms with E-state index in [0.29, 0.717) is 23.4 Å². The average Bonchev–Trinajstić information content (AvgIpc) is 3.39. The molecule has 36 heavy (non-hydrogen) atoms. The molecule has 0 radical (unpaired) electrons. The van der Waals surface area contributed by atoms with E-state index < -0.39 is 0 Å². The third-order valence-electron chi connectivity index (χ3n) is 5.81. The number of benzene rings is 1. The Labute approximate surface area is 208 Å². The lowest BCUT2D eigenvalue weighted by Crippen LogP contribution is -2.11. The summed E-state index contributed by atoms with van der Waals surface area (Å²) < 4.78 is 11.7. The second kappa shape index (κ2) is 11.4. The van der Waals surface area contributed by atoms with Crippen molar-refractivity contribution in [1.82, 2.24) is 25.0 Å². The van der Waals surface area contributed by atoms with Gasteiger partial charge in [0.25, 0.3) is 0 Å². The second-order valence-electron chi connectivity index (χ2n) is 8.25. The number of nitrogen functional groups attached to an aromatic ring is 1. The highest BCUT2D eigenvalue weighted by Gasteiger charge is 2.15. The smallest absolute Gasteiger partial charge is 0.331 e. The molecule has 3 aromatic heterocycles. The molecule has 0 fully saturated rings. The summed E-state index contributed by atoms with van der Waals surface area (Å²) >= 11 is 0. The molecule has 10 nitrogen and oxygen atoms in total. The molecule has 10 heteroatoms. The molecule has 4 aromatic rings. The summed E-state index contributed by atoms with van der Waals surface area (Å²) in [5.41, 5.74) is 10.6. The number of aryl methyl sites for hydroxylation is 1. The van der Waals surface area contributed by atoms with Gasteiger partial charge in [0.15, 0.2) is 5.82 Å². The van der Waals surface area contributed by atoms with Crippen LogP contribution in [0, 0.1) is 0 Å². The quantitative estimate of drug-likeness (QED) is 0.254. The standard InChI is InChI=1S/C26H28N6O4/c1-17(18-9-10-20(28-13-18)6-5-11-36-16-25(34)35-2)32-15-19(14-29-32)22-12-23(30-31-26(22)27)21-7-3-4-8-24(21)33/h3-4,7-10,12-15,17,33H,5-6,11,16H2,1-2H3,(H2,27,31). The summed E-state index contributed by atoms with van der Waals surface area (Å²) in [5, 5.41) is 22.9. The van der Waals surface area contributed by atoms with E-state index >= 15 is 0 Å². The zero-order valence-corrected chi connectivity index (χ0v) is 20.2. The fourth-order valence-corrected chi connectivity index (χ4v) is 3.70. The summed E-state index contributed by atoms with van der Waals surface area (Å²) in [6.07, 6.45) is 6.98. The number of pyridine rings is 1. The maximum atomic E-state index is 11.1. The number of aromatic hydroxyl groups is 1. The molecule has 3 heterocycles. The lowest BCUT2D eigenvalue weighted by Gasteiger charge is -2.13. The summed E-state index contributed by atoms with van der Waals surface area (Å²) in [5.74, 6) is 0.0199. The SMILES string of the molecule is COC(=O)COCCCc1ccc(C(C)n2cc(-c3cc(-c4ccccc4O)nnc3N)cn2)cn1. The summed E-state index contributed by atoms with van der Waals surface area (Å²) in [7, 11) is 1.34. The van der Waals surface area contributed by atoms with Crippen LogP contribution in [0.25, 0.3) is 22.4 Å². The number of ether oxygens (including phenoxy) is 2. The zero-order chi connectivity index (χ0) is 25.5. The number of nitrogens with zero attached hydrogens (tertiary/aromatic N) is 5. The number of hydrogen-bond donors (Lipinski definition) is 2. The molecule has 0 saturated carbocycles. The van der Waals surface area contributed by atoms with Gasteiger partial charge in [0.2, 0.25) is 0 Å². The van der Waals surface area contributed by atoms with Gasteiger partial charge in [-0.25, -0.2) is 4.79 Å². The van der Waals surface area contributed by atoms with Crippen molar-refractivity contribution < 1.29 is 19.4 Å². The number of phenols is 1. The molecule has 0 bridgehead atoms. The van der Waals surface area contributed by atoms with E-state index in [1.54, 1.807) is 30.5 Å². The van der Waals surface area contributed by atoms with Crippen LogP contribution in [0.15, 0.2) is 61.1 Å². The number of aromatic nitrogens is 5. The Morgan fingerprint density at radius 3 is 2.72 bits per heavy atom. The van der Waals surface area contributed by atoms with Gasteiger partial charge in [-0.1, -0.05) is 18.2 Å². The van der Waals surface area contributed by atoms with E-state index in [-0.39, 0.29) is 30.2 Å². The predicted molar refractivity (Wildman–Crippen MR) is 134 cm³/mol. The number of anilines is 1. The van der Waals surface area contributed by atoms with E-state index in [9.17, 15) is 9.90 Å². The molecule has 1 aromatic carbocycles. The van der Waals surface area contributed by atoms with Gasteiger partial charge in [-0.2, -0.15) is 5.10 Å². The Kier molecular flexibility index (Phi) is 7.86. The number of methoxy groups -OCH3 is 1. The van der Waals surface area contributed by atoms with Crippen LogP contribution in [-0.4, -0.2) is 56.4 Å². The van der Waals surface area contributed by atoms with E-state index in [1.807, 2.05) is 42.2 Å². The van der Waals surface area contributed by atoms with Crippen molar-refractivity contribution in [3.8, 4) is 28.1 Å². The largest absolute Gasteiger partial charge is 0.507 e. The Morgan fingerprint density at radius 1 is 1.14 bits per heavy atom. The van der Waals surface area contributed by atoms with Crippen molar-refractivity contribution >= 4 is 11.8 Å². The molecule has 1 unspecified atom stereocenters. The molecule has 186 valence electrons. The number of carbonyl (C=O) groups is 1. The molecule has 1 atom stereocenters. The molecule has 0 aliphatic rings. The minimum atomic E-state index is -0.382. The summed E-state index contributed by atoms with van der Waals surface area (Å²) in [6.45, 7) is 2.46. The summed E-state index contributed by atoms with van der Waals surface area (Å²) in [4.78, 5) is 15.6. The van der Waals surface area contributed by atoms with E-state index in [4.69, 9.17) is 10.5 Å². The van der Waals surface area contributed by atoms with Crippen LogP contribution < -0.4 is 5.73 Å². The number of hydrogen-bond acceptors (Lipinski definition) is 9. The van der Waals surface area contributed by atoms with Crippen LogP contribution in [0.1, 0.15) is 30.6 Å². The molecule has 0 aliphatic heterocycles. The predicted octanol–water partition coefficient (Wildman–Crippen LogP) is 3.42. The second-order valence-corrected chi connectivity index (χ2v) is 8.25. The third-order valence-corrected chi connectivity index (χ3v) is 5.81. The molecule has 0 spiro atoms. The third kappa shape index (κ3) is 5.84. The highest BCUT2D eigenvalue weighted by Crippen LogP contribution is 2.32. The van der Waals surface area contributed by atoms with Crippen LogP contribution in [-0.2, 0) is 20.7 Å². The van der Waals surface area contributed by atoms with Gasteiger partial charge < -0.3 is 20.3 Å². The molecule has 3 N–H and O–H groups in total. The van der Waals surface area contributed by atoms with Crippen molar-refractivity contribution in [2.24, 2.45) is 0 Å². The maximum Gasteiger partial charge on any atom is 0.331 e. The maximum absolute atomic E-state index is 11.1. The number of rotatable bonds is 10. The van der Waals surface area contributed by atoms with Gasteiger partial charge in [-0.15, -0.1) is 10.2 Å². The van der Waals surface area contributed by atoms with E-state index in [0.717, 1.165) is 29.7 Å². The first-order valence-electron chi connectivity index (χ1n) is 11.5. The molecule has 0 aliphatic carbocycles. The Bertz CT molecular complexity index is 1320. The van der Waals surface area contributed by atoms with Gasteiger partial charge in [-0.05, 0) is 49.6 Å². The molecular formula is C26H28N6O4. The normalized spacial score (nSPS) is 11.8. The topological polar surface area (TPSA) is 138 Å². The number of phenolic OH excluding ortho intramolecular Hbond substituents is 1. The van der Waals surface area contributed by atoms with Gasteiger partial charge in [0, 0.05) is 41.4 Å². The Balaban J connectivity index is 1.42. The van der Waals surface area contributed by atoms with Crippen molar-refractivity contribution in [2.75, 3.05) is 26.1 Å². The highest BCUT2D eigenvalue weighted by molar-refractivity contribution is 5.78. The van der Waals surface area contributed by atoms with Crippen LogP contribution in [0.2, 0.25) is 0 Å². The summed E-state index contributed by atoms with van der Waals surface area (Å²) in [6, 6.07) is 12.7. The van der Waals surface area contributed by atoms with Gasteiger partial charge in [0.05, 0.1) is 25.0 Å². The first kappa shape index (κ1) is 24.8. The minimum Gasteiger partial charge on any atom is -0.507 e. The number of nitrogens with two attached hydrogens (primary N) is 1. The van der Waals surface area contributed by atoms with Gasteiger partial charge >= 0.3 is 5.97 Å². The van der Waals surface area contributed by atoms with Gasteiger partial charge in [-0.3, -0.25) is 9.67 Å². The minimum absolute atomic E-state index is 0.0382. The van der Waals surface area contributed by atoms with E-state index in [2.05, 4.69) is 25.0 Å². The number of para-hydroxylation sites is 1. The number of carbonyl (C=O) groups excluding carboxylic acids is 1. The van der Waals surface area contributed by atoms with Crippen molar-refractivity contribution in [3.05, 3.63) is 72.3 Å². The Hall–Kier alpha value is -4.31. The zero-order valence-electron chi connectivity index (χ0n) is 20.2. The lowest BCUT2D eigenvalue weighted by molar-refractivity contribution is -0.145. The van der Waals surface area contributed by atoms with Crippen molar-refractivity contribution in [1.29, 1.82) is 0 Å². The first-order chi connectivity index (χ1) is 17.5. The van der Waals surface area contributed by atoms with Crippen molar-refractivity contribution in [2.45, 2.75) is 25.8 Å². The first-order valence-corrected chi connectivity index (χ1v) is 11.5. The molecule has 4 rings (SSSR count). The highest BCUT2D eigenvalue weighted by atomic mass is 16.6.